The van der Waals surface area contributed by atoms with E-state index in [9.17, 15) is 8.42 Å². The van der Waals surface area contributed by atoms with Gasteiger partial charge in [-0.2, -0.15) is 4.31 Å². The Bertz CT molecular complexity index is 513. The van der Waals surface area contributed by atoms with E-state index in [4.69, 9.17) is 0 Å². The molecule has 94 valence electrons. The molecule has 1 saturated carbocycles. The van der Waals surface area contributed by atoms with Crippen molar-refractivity contribution in [1.82, 2.24) is 4.31 Å². The first-order chi connectivity index (χ1) is 8.09. The second kappa shape index (κ2) is 4.33. The van der Waals surface area contributed by atoms with Gasteiger partial charge in [0.05, 0.1) is 0 Å². The molecule has 0 bridgehead atoms. The van der Waals surface area contributed by atoms with E-state index < -0.39 is 10.0 Å². The summed E-state index contributed by atoms with van der Waals surface area (Å²) in [6, 6.07) is 1.80. The van der Waals surface area contributed by atoms with Gasteiger partial charge in [0.1, 0.15) is 4.21 Å². The van der Waals surface area contributed by atoms with Crippen molar-refractivity contribution in [3.05, 3.63) is 15.9 Å². The fourth-order valence-electron chi connectivity index (χ4n) is 2.97. The molecule has 2 atom stereocenters. The summed E-state index contributed by atoms with van der Waals surface area (Å²) in [6.07, 6.45) is 3.66. The fraction of sp³-hybridized carbons (Fsp3) is 0.636. The average Bonchev–Trinajstić information content (AvgIpc) is 2.89. The van der Waals surface area contributed by atoms with E-state index in [0.717, 1.165) is 13.1 Å². The molecular weight excluding hydrogens is 322 g/mol. The van der Waals surface area contributed by atoms with Gasteiger partial charge in [0.15, 0.2) is 0 Å². The van der Waals surface area contributed by atoms with Crippen molar-refractivity contribution in [2.75, 3.05) is 13.1 Å². The lowest BCUT2D eigenvalue weighted by Gasteiger charge is -2.16. The first-order valence-electron chi connectivity index (χ1n) is 5.82. The van der Waals surface area contributed by atoms with E-state index in [-0.39, 0.29) is 0 Å². The number of thiophene rings is 1. The van der Waals surface area contributed by atoms with Gasteiger partial charge in [-0.3, -0.25) is 0 Å². The van der Waals surface area contributed by atoms with Crippen LogP contribution in [0, 0.1) is 11.8 Å². The van der Waals surface area contributed by atoms with Crippen LogP contribution >= 0.6 is 27.3 Å². The summed E-state index contributed by atoms with van der Waals surface area (Å²) >= 11 is 4.61. The number of hydrogen-bond donors (Lipinski definition) is 0. The molecule has 0 spiro atoms. The van der Waals surface area contributed by atoms with E-state index in [1.54, 1.807) is 10.4 Å². The number of nitrogens with zero attached hydrogens (tertiary/aromatic N) is 1. The maximum absolute atomic E-state index is 12.5. The molecule has 2 unspecified atom stereocenters. The van der Waals surface area contributed by atoms with Gasteiger partial charge < -0.3 is 0 Å². The van der Waals surface area contributed by atoms with Crippen LogP contribution < -0.4 is 0 Å². The summed E-state index contributed by atoms with van der Waals surface area (Å²) in [6.45, 7) is 1.44. The van der Waals surface area contributed by atoms with E-state index >= 15 is 0 Å². The zero-order valence-electron chi connectivity index (χ0n) is 9.30. The number of halogens is 1. The van der Waals surface area contributed by atoms with Crippen LogP contribution in [0.15, 0.2) is 20.1 Å². The van der Waals surface area contributed by atoms with Gasteiger partial charge in [-0.25, -0.2) is 8.42 Å². The highest BCUT2D eigenvalue weighted by atomic mass is 79.9. The standard InChI is InChI=1S/C11H14BrNO2S2/c12-10-4-5-16-11(10)17(14,15)13-6-8-2-1-3-9(8)7-13/h4-5,8-9H,1-3,6-7H2. The number of fused-ring (bicyclic) bond motifs is 1. The summed E-state index contributed by atoms with van der Waals surface area (Å²) in [5.74, 6) is 1.20. The van der Waals surface area contributed by atoms with Crippen molar-refractivity contribution >= 4 is 37.3 Å². The normalized spacial score (nSPS) is 29.7. The molecule has 3 nitrogen and oxygen atoms in total. The zero-order valence-corrected chi connectivity index (χ0v) is 12.5. The van der Waals surface area contributed by atoms with E-state index in [0.29, 0.717) is 20.5 Å². The van der Waals surface area contributed by atoms with Crippen molar-refractivity contribution in [2.24, 2.45) is 11.8 Å². The first-order valence-corrected chi connectivity index (χ1v) is 8.93. The Morgan fingerprint density at radius 2 is 1.94 bits per heavy atom. The maximum atomic E-state index is 12.5. The molecule has 1 aliphatic heterocycles. The molecule has 0 N–H and O–H groups in total. The molecule has 2 aliphatic rings. The summed E-state index contributed by atoms with van der Waals surface area (Å²) in [5, 5.41) is 1.81. The van der Waals surface area contributed by atoms with Gasteiger partial charge >= 0.3 is 0 Å². The highest BCUT2D eigenvalue weighted by Crippen LogP contribution is 2.41. The maximum Gasteiger partial charge on any atom is 0.253 e. The van der Waals surface area contributed by atoms with E-state index in [2.05, 4.69) is 15.9 Å². The fourth-order valence-corrected chi connectivity index (χ4v) is 6.97. The van der Waals surface area contributed by atoms with E-state index in [1.807, 2.05) is 5.38 Å². The SMILES string of the molecule is O=S(=O)(c1sccc1Br)N1CC2CCCC2C1. The molecular formula is C11H14BrNO2S2. The lowest BCUT2D eigenvalue weighted by molar-refractivity contribution is 0.446. The summed E-state index contributed by atoms with van der Waals surface area (Å²) in [4.78, 5) is 0. The van der Waals surface area contributed by atoms with E-state index in [1.165, 1.54) is 30.6 Å². The van der Waals surface area contributed by atoms with Gasteiger partial charge in [-0.15, -0.1) is 11.3 Å². The molecule has 2 fully saturated rings. The summed E-state index contributed by atoms with van der Waals surface area (Å²) in [5.41, 5.74) is 0. The average molecular weight is 336 g/mol. The molecule has 1 saturated heterocycles. The Balaban J connectivity index is 1.88. The molecule has 1 aromatic heterocycles. The second-order valence-electron chi connectivity index (χ2n) is 4.83. The molecule has 0 radical (unpaired) electrons. The summed E-state index contributed by atoms with van der Waals surface area (Å²) < 4.78 is 27.7. The van der Waals surface area contributed by atoms with Crippen LogP contribution in [0.5, 0.6) is 0 Å². The molecule has 3 rings (SSSR count). The van der Waals surface area contributed by atoms with Crippen molar-refractivity contribution in [2.45, 2.75) is 23.5 Å². The zero-order chi connectivity index (χ0) is 12.0. The summed E-state index contributed by atoms with van der Waals surface area (Å²) in [7, 11) is -3.26. The van der Waals surface area contributed by atoms with Gasteiger partial charge in [-0.05, 0) is 52.1 Å². The minimum Gasteiger partial charge on any atom is -0.206 e. The molecule has 2 heterocycles. The van der Waals surface area contributed by atoms with Gasteiger partial charge in [0, 0.05) is 17.6 Å². The topological polar surface area (TPSA) is 37.4 Å². The van der Waals surface area contributed by atoms with Crippen molar-refractivity contribution in [3.63, 3.8) is 0 Å². The third kappa shape index (κ3) is 1.99. The Labute approximate surface area is 114 Å². The lowest BCUT2D eigenvalue weighted by atomic mass is 10.0. The quantitative estimate of drug-likeness (QED) is 0.833. The Kier molecular flexibility index (Phi) is 3.09. The molecule has 1 aromatic rings. The monoisotopic (exact) mass is 335 g/mol. The number of hydrogen-bond acceptors (Lipinski definition) is 3. The van der Waals surface area contributed by atoms with Crippen LogP contribution in [-0.4, -0.2) is 25.8 Å². The third-order valence-electron chi connectivity index (χ3n) is 3.85. The minimum atomic E-state index is -3.26. The third-order valence-corrected chi connectivity index (χ3v) is 8.33. The van der Waals surface area contributed by atoms with Gasteiger partial charge in [0.2, 0.25) is 0 Å². The van der Waals surface area contributed by atoms with Crippen LogP contribution in [0.25, 0.3) is 0 Å². The van der Waals surface area contributed by atoms with Crippen molar-refractivity contribution < 1.29 is 8.42 Å². The van der Waals surface area contributed by atoms with Crippen LogP contribution in [0.1, 0.15) is 19.3 Å². The van der Waals surface area contributed by atoms with Gasteiger partial charge in [0.25, 0.3) is 10.0 Å². The molecule has 0 aromatic carbocycles. The first kappa shape index (κ1) is 12.1. The molecule has 1 aliphatic carbocycles. The van der Waals surface area contributed by atoms with Crippen LogP contribution in [-0.2, 0) is 10.0 Å². The molecule has 6 heteroatoms. The van der Waals surface area contributed by atoms with Crippen molar-refractivity contribution in [3.8, 4) is 0 Å². The second-order valence-corrected chi connectivity index (χ2v) is 8.73. The highest BCUT2D eigenvalue weighted by molar-refractivity contribution is 9.10. The largest absolute Gasteiger partial charge is 0.253 e. The Morgan fingerprint density at radius 3 is 2.47 bits per heavy atom. The number of sulfonamides is 1. The van der Waals surface area contributed by atoms with Crippen LogP contribution in [0.2, 0.25) is 0 Å². The molecule has 0 amide bonds. The predicted molar refractivity (Wildman–Crippen MR) is 71.6 cm³/mol. The smallest absolute Gasteiger partial charge is 0.206 e. The highest BCUT2D eigenvalue weighted by Gasteiger charge is 2.42. The van der Waals surface area contributed by atoms with Crippen molar-refractivity contribution in [1.29, 1.82) is 0 Å². The number of rotatable bonds is 2. The molecule has 17 heavy (non-hydrogen) atoms. The lowest BCUT2D eigenvalue weighted by Crippen LogP contribution is -2.29. The van der Waals surface area contributed by atoms with Crippen LogP contribution in [0.3, 0.4) is 0 Å². The van der Waals surface area contributed by atoms with Crippen LogP contribution in [0.4, 0.5) is 0 Å². The Morgan fingerprint density at radius 1 is 1.29 bits per heavy atom. The van der Waals surface area contributed by atoms with Gasteiger partial charge in [-0.1, -0.05) is 6.42 Å². The minimum absolute atomic E-state index is 0.456. The Hall–Kier alpha value is 0.0900. The predicted octanol–water partition coefficient (Wildman–Crippen LogP) is 2.93.